The van der Waals surface area contributed by atoms with Crippen LogP contribution in [0.5, 0.6) is 0 Å². The van der Waals surface area contributed by atoms with Crippen molar-refractivity contribution in [3.05, 3.63) is 146 Å². The van der Waals surface area contributed by atoms with E-state index in [4.69, 9.17) is 0 Å². The Morgan fingerprint density at radius 1 is 0.243 bits per heavy atom. The minimum Gasteiger partial charge on any atom is -0.255 e. The van der Waals surface area contributed by atoms with Gasteiger partial charge in [-0.2, -0.15) is 0 Å². The van der Waals surface area contributed by atoms with E-state index in [0.29, 0.717) is 0 Å². The number of rotatable bonds is 3. The molecule has 0 saturated heterocycles. The van der Waals surface area contributed by atoms with Crippen LogP contribution in [0.1, 0.15) is 0 Å². The maximum absolute atomic E-state index is 4.19. The monoisotopic (exact) mass is 527 g/mol. The topological polar surface area (TPSA) is 77.3 Å². The van der Waals surface area contributed by atoms with Gasteiger partial charge in [0.1, 0.15) is 0 Å². The molecule has 0 atom stereocenters. The summed E-state index contributed by atoms with van der Waals surface area (Å²) in [5.41, 5.74) is 5.49. The average Bonchev–Trinajstić information content (AvgIpc) is 3.01. The second-order valence-corrected chi connectivity index (χ2v) is 7.29. The molecule has 37 heavy (non-hydrogen) atoms. The molecule has 181 valence electrons. The van der Waals surface area contributed by atoms with Gasteiger partial charge in [-0.15, -0.1) is 0 Å². The first kappa shape index (κ1) is 27.0. The number of aromatic nitrogens is 6. The van der Waals surface area contributed by atoms with Gasteiger partial charge in [0.2, 0.25) is 0 Å². The van der Waals surface area contributed by atoms with Gasteiger partial charge in [0.05, 0.1) is 34.2 Å². The Labute approximate surface area is 226 Å². The molecule has 6 aromatic rings. The molecule has 1 radical (unpaired) electrons. The number of nitrogens with zero attached hydrogens (tertiary/aromatic N) is 6. The maximum atomic E-state index is 4.19. The molecule has 0 N–H and O–H groups in total. The smallest absolute Gasteiger partial charge is 0.255 e. The molecule has 0 unspecified atom stereocenters. The summed E-state index contributed by atoms with van der Waals surface area (Å²) in [4.78, 5) is 25.1. The van der Waals surface area contributed by atoms with Crippen LogP contribution in [0.2, 0.25) is 0 Å². The molecule has 0 aromatic carbocycles. The van der Waals surface area contributed by atoms with E-state index in [1.54, 1.807) is 37.2 Å². The minimum absolute atomic E-state index is 0. The number of pyridine rings is 6. The van der Waals surface area contributed by atoms with E-state index in [1.165, 1.54) is 0 Å². The fourth-order valence-corrected chi connectivity index (χ4v) is 3.09. The molecule has 0 fully saturated rings. The van der Waals surface area contributed by atoms with Crippen molar-refractivity contribution in [1.82, 2.24) is 29.9 Å². The minimum atomic E-state index is 0. The quantitative estimate of drug-likeness (QED) is 0.264. The van der Waals surface area contributed by atoms with E-state index in [2.05, 4.69) is 29.9 Å². The van der Waals surface area contributed by atoms with Crippen LogP contribution in [0.15, 0.2) is 146 Å². The molecule has 0 spiro atoms. The zero-order valence-electron chi connectivity index (χ0n) is 19.9. The van der Waals surface area contributed by atoms with Crippen molar-refractivity contribution in [2.75, 3.05) is 0 Å². The van der Waals surface area contributed by atoms with Gasteiger partial charge in [0.15, 0.2) is 0 Å². The predicted octanol–water partition coefficient (Wildman–Crippen LogP) is 6.43. The molecule has 0 saturated carbocycles. The summed E-state index contributed by atoms with van der Waals surface area (Å²) >= 11 is 0. The second kappa shape index (κ2) is 15.4. The second-order valence-electron chi connectivity index (χ2n) is 7.29. The Balaban J connectivity index is 0.000000152. The van der Waals surface area contributed by atoms with Gasteiger partial charge in [-0.25, -0.2) is 0 Å². The molecule has 6 nitrogen and oxygen atoms in total. The molecule has 6 aromatic heterocycles. The molecular weight excluding hydrogens is 503 g/mol. The van der Waals surface area contributed by atoms with Crippen LogP contribution < -0.4 is 0 Å². The van der Waals surface area contributed by atoms with E-state index in [9.17, 15) is 0 Å². The summed E-state index contributed by atoms with van der Waals surface area (Å²) in [7, 11) is 0. The van der Waals surface area contributed by atoms with Gasteiger partial charge in [0.25, 0.3) is 0 Å². The first-order chi connectivity index (χ1) is 17.9. The molecule has 0 aliphatic carbocycles. The van der Waals surface area contributed by atoms with Gasteiger partial charge in [-0.1, -0.05) is 36.4 Å². The maximum Gasteiger partial charge on any atom is 2.00 e. The van der Waals surface area contributed by atoms with Crippen LogP contribution >= 0.6 is 0 Å². The summed E-state index contributed by atoms with van der Waals surface area (Å²) in [6.45, 7) is 0. The normalized spacial score (nSPS) is 9.41. The van der Waals surface area contributed by atoms with Crippen molar-refractivity contribution in [3.8, 4) is 34.2 Å². The average molecular weight is 527 g/mol. The van der Waals surface area contributed by atoms with Crippen molar-refractivity contribution in [1.29, 1.82) is 0 Å². The summed E-state index contributed by atoms with van der Waals surface area (Å²) in [5, 5.41) is 0. The van der Waals surface area contributed by atoms with E-state index in [-0.39, 0.29) is 16.8 Å². The van der Waals surface area contributed by atoms with Crippen LogP contribution in [-0.4, -0.2) is 29.9 Å². The zero-order chi connectivity index (χ0) is 24.7. The first-order valence-electron chi connectivity index (χ1n) is 11.4. The van der Waals surface area contributed by atoms with Crippen molar-refractivity contribution in [2.24, 2.45) is 0 Å². The Kier molecular flexibility index (Phi) is 11.2. The van der Waals surface area contributed by atoms with Crippen LogP contribution in [0.25, 0.3) is 34.2 Å². The van der Waals surface area contributed by atoms with Crippen LogP contribution in [0.4, 0.5) is 0 Å². The standard InChI is InChI=1S/3C10H8N2.Co/c3*1-3-7-11-9(5-1)10-6-2-4-8-12-10;/h3*1-8H;/q;;;+2. The van der Waals surface area contributed by atoms with E-state index in [1.807, 2.05) is 109 Å². The Morgan fingerprint density at radius 2 is 0.405 bits per heavy atom. The van der Waals surface area contributed by atoms with Gasteiger partial charge < -0.3 is 0 Å². The molecule has 0 bridgehead atoms. The van der Waals surface area contributed by atoms with Crippen LogP contribution in [0, 0.1) is 0 Å². The summed E-state index contributed by atoms with van der Waals surface area (Å²) in [6, 6.07) is 34.8. The fourth-order valence-electron chi connectivity index (χ4n) is 3.09. The van der Waals surface area contributed by atoms with Crippen molar-refractivity contribution >= 4 is 0 Å². The number of hydrogen-bond acceptors (Lipinski definition) is 6. The van der Waals surface area contributed by atoms with Crippen LogP contribution in [-0.2, 0) is 16.8 Å². The van der Waals surface area contributed by atoms with E-state index in [0.717, 1.165) is 34.2 Å². The molecule has 0 amide bonds. The van der Waals surface area contributed by atoms with Gasteiger partial charge >= 0.3 is 16.8 Å². The third-order valence-corrected chi connectivity index (χ3v) is 4.78. The van der Waals surface area contributed by atoms with E-state index < -0.39 is 0 Å². The van der Waals surface area contributed by atoms with Gasteiger partial charge in [-0.05, 0) is 72.8 Å². The molecule has 6 rings (SSSR count). The SMILES string of the molecule is [Co+2].c1ccc(-c2ccccn2)nc1.c1ccc(-c2ccccn2)nc1.c1ccc(-c2ccccn2)nc1. The predicted molar refractivity (Wildman–Crippen MR) is 142 cm³/mol. The third-order valence-electron chi connectivity index (χ3n) is 4.78. The molecular formula is C30H24CoN6+2. The summed E-state index contributed by atoms with van der Waals surface area (Å²) in [5.74, 6) is 0. The van der Waals surface area contributed by atoms with Crippen molar-refractivity contribution in [2.45, 2.75) is 0 Å². The van der Waals surface area contributed by atoms with Crippen LogP contribution in [0.3, 0.4) is 0 Å². The summed E-state index contributed by atoms with van der Waals surface area (Å²) in [6.07, 6.45) is 10.6. The molecule has 7 heteroatoms. The van der Waals surface area contributed by atoms with E-state index >= 15 is 0 Å². The van der Waals surface area contributed by atoms with Gasteiger partial charge in [-0.3, -0.25) is 29.9 Å². The van der Waals surface area contributed by atoms with Gasteiger partial charge in [0, 0.05) is 37.2 Å². The molecule has 6 heterocycles. The Hall–Kier alpha value is -4.59. The summed E-state index contributed by atoms with van der Waals surface area (Å²) < 4.78 is 0. The zero-order valence-corrected chi connectivity index (χ0v) is 20.9. The third kappa shape index (κ3) is 8.85. The molecule has 0 aliphatic heterocycles. The molecule has 0 aliphatic rings. The fraction of sp³-hybridized carbons (Fsp3) is 0. The number of hydrogen-bond donors (Lipinski definition) is 0. The Bertz CT molecular complexity index is 1100. The van der Waals surface area contributed by atoms with Crippen molar-refractivity contribution < 1.29 is 16.8 Å². The first-order valence-corrected chi connectivity index (χ1v) is 11.4. The largest absolute Gasteiger partial charge is 2.00 e. The van der Waals surface area contributed by atoms with Crippen molar-refractivity contribution in [3.63, 3.8) is 0 Å². The Morgan fingerprint density at radius 3 is 0.514 bits per heavy atom.